The number of aromatic nitrogens is 1. The van der Waals surface area contributed by atoms with Crippen LogP contribution in [0.15, 0.2) is 30.5 Å². The Morgan fingerprint density at radius 1 is 1.30 bits per heavy atom. The first kappa shape index (κ1) is 14.4. The minimum atomic E-state index is -4.34. The molecule has 0 aliphatic heterocycles. The predicted molar refractivity (Wildman–Crippen MR) is 65.8 cm³/mol. The second-order valence-electron chi connectivity index (χ2n) is 4.22. The van der Waals surface area contributed by atoms with Crippen molar-refractivity contribution in [3.8, 4) is 0 Å². The largest absolute Gasteiger partial charge is 0.478 e. The summed E-state index contributed by atoms with van der Waals surface area (Å²) in [6.07, 6.45) is -2.71. The third-order valence-electron chi connectivity index (χ3n) is 2.79. The summed E-state index contributed by atoms with van der Waals surface area (Å²) < 4.78 is 42.0. The fourth-order valence-electron chi connectivity index (χ4n) is 1.96. The molecule has 4 nitrogen and oxygen atoms in total. The van der Waals surface area contributed by atoms with E-state index in [0.717, 1.165) is 0 Å². The summed E-state index contributed by atoms with van der Waals surface area (Å²) in [5.41, 5.74) is 0.818. The first-order valence-corrected chi connectivity index (χ1v) is 5.84. The average Bonchev–Trinajstić information content (AvgIpc) is 2.76. The average molecular weight is 287 g/mol. The van der Waals surface area contributed by atoms with Crippen molar-refractivity contribution >= 4 is 16.9 Å². The van der Waals surface area contributed by atoms with Crippen LogP contribution < -0.4 is 0 Å². The van der Waals surface area contributed by atoms with Crippen LogP contribution in [0.4, 0.5) is 13.2 Å². The van der Waals surface area contributed by atoms with E-state index in [0.29, 0.717) is 10.9 Å². The zero-order chi connectivity index (χ0) is 14.8. The molecule has 0 radical (unpaired) electrons. The lowest BCUT2D eigenvalue weighted by Crippen LogP contribution is -2.18. The zero-order valence-electron chi connectivity index (χ0n) is 10.4. The Hall–Kier alpha value is -2.02. The number of carbonyl (C=O) groups is 1. The lowest BCUT2D eigenvalue weighted by atomic mass is 10.1. The highest BCUT2D eigenvalue weighted by Gasteiger charge is 2.27. The quantitative estimate of drug-likeness (QED) is 0.860. The number of nitrogens with zero attached hydrogens (tertiary/aromatic N) is 1. The Morgan fingerprint density at radius 3 is 2.70 bits per heavy atom. The summed E-state index contributed by atoms with van der Waals surface area (Å²) >= 11 is 0. The van der Waals surface area contributed by atoms with Crippen molar-refractivity contribution in [1.29, 1.82) is 0 Å². The number of hydrogen-bond donors (Lipinski definition) is 1. The standard InChI is InChI=1S/C13H12F3NO3/c14-13(15,16)8-20-7-6-17-5-4-9-10(12(18)19)2-1-3-11(9)17/h1-5H,6-8H2,(H,18,19). The predicted octanol–water partition coefficient (Wildman–Crippen LogP) is 2.92. The number of carboxylic acids is 1. The maximum absolute atomic E-state index is 11.9. The van der Waals surface area contributed by atoms with E-state index in [9.17, 15) is 18.0 Å². The molecule has 0 saturated heterocycles. The van der Waals surface area contributed by atoms with Crippen LogP contribution in [0, 0.1) is 0 Å². The molecule has 0 amide bonds. The molecule has 20 heavy (non-hydrogen) atoms. The molecule has 0 bridgehead atoms. The van der Waals surface area contributed by atoms with Gasteiger partial charge in [0.15, 0.2) is 0 Å². The summed E-state index contributed by atoms with van der Waals surface area (Å²) in [6.45, 7) is -1.16. The first-order chi connectivity index (χ1) is 9.38. The molecule has 2 aromatic rings. The maximum Gasteiger partial charge on any atom is 0.411 e. The van der Waals surface area contributed by atoms with E-state index in [-0.39, 0.29) is 18.7 Å². The molecular weight excluding hydrogens is 275 g/mol. The van der Waals surface area contributed by atoms with Crippen LogP contribution in [0.3, 0.4) is 0 Å². The van der Waals surface area contributed by atoms with E-state index in [1.165, 1.54) is 6.07 Å². The lowest BCUT2D eigenvalue weighted by molar-refractivity contribution is -0.174. The van der Waals surface area contributed by atoms with Crippen molar-refractivity contribution in [3.05, 3.63) is 36.0 Å². The second kappa shape index (κ2) is 5.54. The summed E-state index contributed by atoms with van der Waals surface area (Å²) in [4.78, 5) is 11.0. The Bertz CT molecular complexity index is 619. The normalized spacial score (nSPS) is 11.9. The lowest BCUT2D eigenvalue weighted by Gasteiger charge is -2.09. The molecule has 0 atom stereocenters. The van der Waals surface area contributed by atoms with Gasteiger partial charge in [-0.1, -0.05) is 6.07 Å². The molecule has 0 aliphatic rings. The van der Waals surface area contributed by atoms with Crippen molar-refractivity contribution in [2.75, 3.05) is 13.2 Å². The minimum absolute atomic E-state index is 0.0966. The molecule has 1 heterocycles. The third kappa shape index (κ3) is 3.30. The number of fused-ring (bicyclic) bond motifs is 1. The molecule has 0 saturated carbocycles. The molecule has 0 unspecified atom stereocenters. The van der Waals surface area contributed by atoms with Gasteiger partial charge in [0, 0.05) is 23.6 Å². The van der Waals surface area contributed by atoms with Crippen LogP contribution in [-0.2, 0) is 11.3 Å². The number of halogens is 3. The van der Waals surface area contributed by atoms with Gasteiger partial charge in [0.1, 0.15) is 6.61 Å². The molecule has 1 aromatic carbocycles. The van der Waals surface area contributed by atoms with Crippen molar-refractivity contribution in [1.82, 2.24) is 4.57 Å². The first-order valence-electron chi connectivity index (χ1n) is 5.84. The fourth-order valence-corrected chi connectivity index (χ4v) is 1.96. The van der Waals surface area contributed by atoms with E-state index < -0.39 is 18.8 Å². The molecule has 108 valence electrons. The number of alkyl halides is 3. The van der Waals surface area contributed by atoms with Crippen LogP contribution in [-0.4, -0.2) is 35.0 Å². The van der Waals surface area contributed by atoms with Crippen LogP contribution >= 0.6 is 0 Å². The highest BCUT2D eigenvalue weighted by atomic mass is 19.4. The van der Waals surface area contributed by atoms with Gasteiger partial charge in [-0.3, -0.25) is 0 Å². The van der Waals surface area contributed by atoms with Crippen LogP contribution in [0.25, 0.3) is 10.9 Å². The van der Waals surface area contributed by atoms with Gasteiger partial charge in [-0.05, 0) is 18.2 Å². The van der Waals surface area contributed by atoms with Crippen LogP contribution in [0.2, 0.25) is 0 Å². The van der Waals surface area contributed by atoms with Gasteiger partial charge in [0.2, 0.25) is 0 Å². The van der Waals surface area contributed by atoms with Gasteiger partial charge >= 0.3 is 12.1 Å². The Balaban J connectivity index is 2.08. The molecular formula is C13H12F3NO3. The topological polar surface area (TPSA) is 51.5 Å². The van der Waals surface area contributed by atoms with Gasteiger partial charge in [-0.15, -0.1) is 0 Å². The number of carboxylic acid groups (broad SMARTS) is 1. The monoisotopic (exact) mass is 287 g/mol. The third-order valence-corrected chi connectivity index (χ3v) is 2.79. The van der Waals surface area contributed by atoms with E-state index in [4.69, 9.17) is 5.11 Å². The highest BCUT2D eigenvalue weighted by molar-refractivity contribution is 6.02. The van der Waals surface area contributed by atoms with E-state index >= 15 is 0 Å². The highest BCUT2D eigenvalue weighted by Crippen LogP contribution is 2.20. The number of rotatable bonds is 5. The summed E-state index contributed by atoms with van der Waals surface area (Å²) in [5, 5.41) is 9.59. The number of benzene rings is 1. The van der Waals surface area contributed by atoms with Crippen molar-refractivity contribution in [2.24, 2.45) is 0 Å². The zero-order valence-corrected chi connectivity index (χ0v) is 10.4. The number of aromatic carboxylic acids is 1. The molecule has 1 aromatic heterocycles. The number of ether oxygens (including phenoxy) is 1. The Morgan fingerprint density at radius 2 is 2.05 bits per heavy atom. The summed E-state index contributed by atoms with van der Waals surface area (Å²) in [5.74, 6) is -1.04. The molecule has 7 heteroatoms. The maximum atomic E-state index is 11.9. The van der Waals surface area contributed by atoms with Gasteiger partial charge in [0.25, 0.3) is 0 Å². The second-order valence-corrected chi connectivity index (χ2v) is 4.22. The van der Waals surface area contributed by atoms with Crippen molar-refractivity contribution in [3.63, 3.8) is 0 Å². The van der Waals surface area contributed by atoms with E-state index in [1.807, 2.05) is 0 Å². The summed E-state index contributed by atoms with van der Waals surface area (Å²) in [7, 11) is 0. The molecule has 0 aliphatic carbocycles. The van der Waals surface area contributed by atoms with E-state index in [1.54, 1.807) is 29.0 Å². The molecule has 0 fully saturated rings. The smallest absolute Gasteiger partial charge is 0.411 e. The molecule has 2 rings (SSSR count). The minimum Gasteiger partial charge on any atom is -0.478 e. The van der Waals surface area contributed by atoms with Crippen molar-refractivity contribution in [2.45, 2.75) is 12.7 Å². The van der Waals surface area contributed by atoms with Gasteiger partial charge in [0.05, 0.1) is 12.2 Å². The van der Waals surface area contributed by atoms with Crippen molar-refractivity contribution < 1.29 is 27.8 Å². The Kier molecular flexibility index (Phi) is 3.99. The van der Waals surface area contributed by atoms with Gasteiger partial charge in [-0.25, -0.2) is 4.79 Å². The van der Waals surface area contributed by atoms with Crippen LogP contribution in [0.5, 0.6) is 0 Å². The van der Waals surface area contributed by atoms with Gasteiger partial charge < -0.3 is 14.4 Å². The molecule has 0 spiro atoms. The Labute approximate surface area is 112 Å². The summed E-state index contributed by atoms with van der Waals surface area (Å²) in [6, 6.07) is 6.42. The van der Waals surface area contributed by atoms with E-state index in [2.05, 4.69) is 4.74 Å². The van der Waals surface area contributed by atoms with Gasteiger partial charge in [-0.2, -0.15) is 13.2 Å². The molecule has 1 N–H and O–H groups in total. The fraction of sp³-hybridized carbons (Fsp3) is 0.308. The van der Waals surface area contributed by atoms with Crippen LogP contribution in [0.1, 0.15) is 10.4 Å². The number of hydrogen-bond acceptors (Lipinski definition) is 2. The SMILES string of the molecule is O=C(O)c1cccc2c1ccn2CCOCC(F)(F)F.